The van der Waals surface area contributed by atoms with Crippen molar-refractivity contribution in [2.75, 3.05) is 4.90 Å². The topological polar surface area (TPSA) is 16.4 Å². The van der Waals surface area contributed by atoms with Crippen LogP contribution in [-0.4, -0.2) is 0 Å². The number of furan rings is 1. The highest BCUT2D eigenvalue weighted by molar-refractivity contribution is 6.06. The molecule has 0 bridgehead atoms. The van der Waals surface area contributed by atoms with Crippen LogP contribution in [0.2, 0.25) is 0 Å². The molecule has 1 heterocycles. The SMILES string of the molecule is C=Cc1ccc(C2(c3c(F)cccc3F)c3ccccc3-c3ccc(N(c4ccc5c(c4)C(c4ccc(C=C)cc4)(c4c(F)cccc4F)c4ccccc4-5)c4ccc5c(c4)oc4ccccc45)cc32)cc1. The van der Waals surface area contributed by atoms with Gasteiger partial charge in [-0.3, -0.25) is 0 Å². The van der Waals surface area contributed by atoms with Crippen LogP contribution in [0.1, 0.15) is 55.6 Å². The number of hydrogen-bond acceptors (Lipinski definition) is 2. The van der Waals surface area contributed by atoms with Crippen molar-refractivity contribution in [3.8, 4) is 22.3 Å². The van der Waals surface area contributed by atoms with Crippen molar-refractivity contribution in [2.45, 2.75) is 10.8 Å². The highest BCUT2D eigenvalue weighted by Crippen LogP contribution is 2.61. The molecule has 0 amide bonds. The molecule has 2 nitrogen and oxygen atoms in total. The number of benzene rings is 10. The standard InChI is InChI=1S/C66H41F4NO/c1-3-40-23-27-42(28-24-40)65(63-57(67)18-11-19-58(63)68)53-16-8-5-13-47(53)49-34-31-44(37-55(49)65)71(46-33-36-52-51-15-7-10-22-61(51)72-62(52)39-46)45-32-35-50-48-14-6-9-17-54(48)66(56(50)38-45,43-29-25-41(4-2)26-30-43)64-59(69)20-12-21-60(64)70/h3-39H,1-2H2. The smallest absolute Gasteiger partial charge is 0.137 e. The van der Waals surface area contributed by atoms with Gasteiger partial charge in [-0.2, -0.15) is 0 Å². The van der Waals surface area contributed by atoms with Gasteiger partial charge in [0, 0.05) is 45.0 Å². The summed E-state index contributed by atoms with van der Waals surface area (Å²) < 4.78 is 74.3. The van der Waals surface area contributed by atoms with Crippen LogP contribution in [-0.2, 0) is 10.8 Å². The fourth-order valence-corrected chi connectivity index (χ4v) is 12.0. The molecular weight excluding hydrogens is 899 g/mol. The van der Waals surface area contributed by atoms with Crippen LogP contribution in [0.4, 0.5) is 34.6 Å². The Morgan fingerprint density at radius 1 is 0.361 bits per heavy atom. The van der Waals surface area contributed by atoms with Crippen molar-refractivity contribution in [1.29, 1.82) is 0 Å². The van der Waals surface area contributed by atoms with E-state index in [0.717, 1.165) is 60.9 Å². The van der Waals surface area contributed by atoms with Crippen LogP contribution < -0.4 is 4.90 Å². The van der Waals surface area contributed by atoms with Gasteiger partial charge in [0.2, 0.25) is 0 Å². The van der Waals surface area contributed by atoms with Gasteiger partial charge >= 0.3 is 0 Å². The van der Waals surface area contributed by atoms with Crippen LogP contribution in [0.5, 0.6) is 0 Å². The van der Waals surface area contributed by atoms with E-state index in [4.69, 9.17) is 4.42 Å². The van der Waals surface area contributed by atoms with E-state index in [1.165, 1.54) is 36.4 Å². The molecule has 0 saturated carbocycles. The van der Waals surface area contributed by atoms with Crippen LogP contribution in [0.15, 0.2) is 230 Å². The molecule has 2 aliphatic rings. The van der Waals surface area contributed by atoms with E-state index < -0.39 is 34.1 Å². The number of nitrogens with zero attached hydrogens (tertiary/aromatic N) is 1. The summed E-state index contributed by atoms with van der Waals surface area (Å²) in [6.07, 6.45) is 3.48. The predicted octanol–water partition coefficient (Wildman–Crippen LogP) is 17.6. The maximum Gasteiger partial charge on any atom is 0.137 e. The lowest BCUT2D eigenvalue weighted by atomic mass is 9.67. The predicted molar refractivity (Wildman–Crippen MR) is 283 cm³/mol. The lowest BCUT2D eigenvalue weighted by Crippen LogP contribution is -2.31. The minimum atomic E-state index is -1.46. The van der Waals surface area contributed by atoms with Crippen molar-refractivity contribution in [3.63, 3.8) is 0 Å². The lowest BCUT2D eigenvalue weighted by Gasteiger charge is -2.36. The van der Waals surface area contributed by atoms with E-state index in [1.807, 2.05) is 176 Å². The summed E-state index contributed by atoms with van der Waals surface area (Å²) in [5.41, 5.74) is 9.52. The van der Waals surface area contributed by atoms with Gasteiger partial charge < -0.3 is 9.32 Å². The molecule has 72 heavy (non-hydrogen) atoms. The number of halogens is 4. The Morgan fingerprint density at radius 2 is 0.764 bits per heavy atom. The van der Waals surface area contributed by atoms with Gasteiger partial charge in [-0.15, -0.1) is 0 Å². The third-order valence-electron chi connectivity index (χ3n) is 15.0. The lowest BCUT2D eigenvalue weighted by molar-refractivity contribution is 0.526. The summed E-state index contributed by atoms with van der Waals surface area (Å²) in [6.45, 7) is 7.95. The monoisotopic (exact) mass is 939 g/mol. The van der Waals surface area contributed by atoms with Gasteiger partial charge in [-0.1, -0.05) is 165 Å². The zero-order valence-electron chi connectivity index (χ0n) is 38.6. The summed E-state index contributed by atoms with van der Waals surface area (Å²) in [5.74, 6) is -2.73. The number of hydrogen-bond donors (Lipinski definition) is 0. The largest absolute Gasteiger partial charge is 0.456 e. The van der Waals surface area contributed by atoms with E-state index in [1.54, 1.807) is 12.2 Å². The first kappa shape index (κ1) is 43.1. The van der Waals surface area contributed by atoms with E-state index in [2.05, 4.69) is 18.1 Å². The second-order valence-electron chi connectivity index (χ2n) is 18.5. The first-order valence-electron chi connectivity index (χ1n) is 23.8. The second-order valence-corrected chi connectivity index (χ2v) is 18.5. The highest BCUT2D eigenvalue weighted by Gasteiger charge is 2.51. The van der Waals surface area contributed by atoms with E-state index >= 15 is 17.6 Å². The molecule has 6 heteroatoms. The molecule has 0 fully saturated rings. The Hall–Kier alpha value is -9.00. The molecule has 0 saturated heterocycles. The van der Waals surface area contributed by atoms with Gasteiger partial charge in [0.1, 0.15) is 34.4 Å². The molecule has 0 spiro atoms. The summed E-state index contributed by atoms with van der Waals surface area (Å²) in [7, 11) is 0. The van der Waals surface area contributed by atoms with Crippen molar-refractivity contribution in [3.05, 3.63) is 304 Å². The zero-order chi connectivity index (χ0) is 48.9. The zero-order valence-corrected chi connectivity index (χ0v) is 38.6. The van der Waals surface area contributed by atoms with Crippen LogP contribution in [0, 0.1) is 23.3 Å². The molecule has 2 aliphatic carbocycles. The minimum absolute atomic E-state index is 0.0931. The minimum Gasteiger partial charge on any atom is -0.456 e. The second kappa shape index (κ2) is 16.3. The average Bonchev–Trinajstić information content (AvgIpc) is 4.03. The fraction of sp³-hybridized carbons (Fsp3) is 0.0303. The van der Waals surface area contributed by atoms with Crippen molar-refractivity contribution in [2.24, 2.45) is 0 Å². The first-order chi connectivity index (χ1) is 35.2. The summed E-state index contributed by atoms with van der Waals surface area (Å²) in [5, 5.41) is 1.90. The summed E-state index contributed by atoms with van der Waals surface area (Å²) in [4.78, 5) is 2.09. The summed E-state index contributed by atoms with van der Waals surface area (Å²) in [6, 6.07) is 65.1. The molecule has 0 aliphatic heterocycles. The molecule has 2 atom stereocenters. The van der Waals surface area contributed by atoms with E-state index in [0.29, 0.717) is 44.9 Å². The third kappa shape index (κ3) is 6.02. The van der Waals surface area contributed by atoms with Gasteiger partial charge in [-0.05, 0) is 133 Å². The van der Waals surface area contributed by atoms with Crippen LogP contribution >= 0.6 is 0 Å². The highest BCUT2D eigenvalue weighted by atomic mass is 19.1. The Balaban J connectivity index is 1.12. The van der Waals surface area contributed by atoms with Gasteiger partial charge in [0.05, 0.1) is 10.8 Å². The quantitative estimate of drug-likeness (QED) is 0.134. The molecule has 1 aromatic heterocycles. The Morgan fingerprint density at radius 3 is 1.25 bits per heavy atom. The van der Waals surface area contributed by atoms with Crippen molar-refractivity contribution >= 4 is 51.2 Å². The third-order valence-corrected chi connectivity index (χ3v) is 15.0. The Bertz CT molecular complexity index is 3790. The maximum absolute atomic E-state index is 16.9. The van der Waals surface area contributed by atoms with E-state index in [9.17, 15) is 0 Å². The molecule has 10 aromatic carbocycles. The molecule has 0 N–H and O–H groups in total. The molecule has 344 valence electrons. The van der Waals surface area contributed by atoms with Crippen molar-refractivity contribution in [1.82, 2.24) is 0 Å². The number of para-hydroxylation sites is 1. The Labute approximate surface area is 413 Å². The molecule has 11 aromatic rings. The Kier molecular flexibility index (Phi) is 9.74. The van der Waals surface area contributed by atoms with Gasteiger partial charge in [0.15, 0.2) is 0 Å². The first-order valence-corrected chi connectivity index (χ1v) is 23.8. The molecule has 2 unspecified atom stereocenters. The molecule has 13 rings (SSSR count). The molecule has 0 radical (unpaired) electrons. The van der Waals surface area contributed by atoms with Crippen molar-refractivity contribution < 1.29 is 22.0 Å². The van der Waals surface area contributed by atoms with Gasteiger partial charge in [-0.25, -0.2) is 17.6 Å². The normalized spacial score (nSPS) is 16.3. The summed E-state index contributed by atoms with van der Waals surface area (Å²) >= 11 is 0. The van der Waals surface area contributed by atoms with Gasteiger partial charge in [0.25, 0.3) is 0 Å². The van der Waals surface area contributed by atoms with Crippen LogP contribution in [0.25, 0.3) is 56.3 Å². The maximum atomic E-state index is 16.9. The number of fused-ring (bicyclic) bond motifs is 9. The molecular formula is C66H41F4NO. The number of anilines is 3. The van der Waals surface area contributed by atoms with E-state index in [-0.39, 0.29) is 11.1 Å². The van der Waals surface area contributed by atoms with Crippen LogP contribution in [0.3, 0.4) is 0 Å². The number of rotatable bonds is 9. The fourth-order valence-electron chi connectivity index (χ4n) is 12.0. The average molecular weight is 940 g/mol.